The molecule has 0 saturated heterocycles. The summed E-state index contributed by atoms with van der Waals surface area (Å²) in [5.41, 5.74) is -0.0462. The van der Waals surface area contributed by atoms with Crippen molar-refractivity contribution in [3.63, 3.8) is 0 Å². The molecule has 7 heteroatoms. The van der Waals surface area contributed by atoms with Crippen molar-refractivity contribution in [2.24, 2.45) is 0 Å². The molecule has 0 bridgehead atoms. The van der Waals surface area contributed by atoms with E-state index >= 15 is 0 Å². The summed E-state index contributed by atoms with van der Waals surface area (Å²) < 4.78 is 40.0. The summed E-state index contributed by atoms with van der Waals surface area (Å²) in [7, 11) is -3.87. The first-order chi connectivity index (χ1) is 8.38. The van der Waals surface area contributed by atoms with Gasteiger partial charge in [-0.2, -0.15) is 4.31 Å². The molecule has 18 heavy (non-hydrogen) atoms. The summed E-state index contributed by atoms with van der Waals surface area (Å²) in [5.74, 6) is -0.896. The molecule has 0 radical (unpaired) electrons. The Morgan fingerprint density at radius 3 is 2.33 bits per heavy atom. The van der Waals surface area contributed by atoms with Gasteiger partial charge in [-0.1, -0.05) is 29.8 Å². The van der Waals surface area contributed by atoms with Crippen LogP contribution in [-0.2, 0) is 16.6 Å². The van der Waals surface area contributed by atoms with E-state index in [1.165, 1.54) is 16.4 Å². The van der Waals surface area contributed by atoms with Crippen molar-refractivity contribution >= 4 is 26.0 Å². The summed E-state index contributed by atoms with van der Waals surface area (Å²) in [6.07, 6.45) is 0. The van der Waals surface area contributed by atoms with Gasteiger partial charge >= 0.3 is 0 Å². The standard InChI is InChI=1S/C11H15BrFNO3S/c1-3-14(4-2)18(16,17)10-6-9(12)5-8(7-15)11(10)13/h5-6,15H,3-4,7H2,1-2H3. The zero-order valence-electron chi connectivity index (χ0n) is 10.2. The number of sulfonamides is 1. The van der Waals surface area contributed by atoms with Crippen molar-refractivity contribution in [3.8, 4) is 0 Å². The second-order valence-corrected chi connectivity index (χ2v) is 6.45. The first-order valence-electron chi connectivity index (χ1n) is 5.47. The van der Waals surface area contributed by atoms with Crippen LogP contribution in [0, 0.1) is 5.82 Å². The van der Waals surface area contributed by atoms with Gasteiger partial charge in [0.15, 0.2) is 0 Å². The minimum atomic E-state index is -3.87. The zero-order valence-corrected chi connectivity index (χ0v) is 12.6. The van der Waals surface area contributed by atoms with Gasteiger partial charge in [0.05, 0.1) is 6.61 Å². The van der Waals surface area contributed by atoms with Crippen molar-refractivity contribution in [2.75, 3.05) is 13.1 Å². The number of nitrogens with zero attached hydrogens (tertiary/aromatic N) is 1. The molecular formula is C11H15BrFNO3S. The Labute approximate surface area is 115 Å². The predicted octanol–water partition coefficient (Wildman–Crippen LogP) is 2.11. The number of aliphatic hydroxyl groups excluding tert-OH is 1. The first kappa shape index (κ1) is 15.6. The van der Waals surface area contributed by atoms with Gasteiger partial charge in [-0.15, -0.1) is 0 Å². The van der Waals surface area contributed by atoms with Crippen LogP contribution in [0.1, 0.15) is 19.4 Å². The smallest absolute Gasteiger partial charge is 0.246 e. The van der Waals surface area contributed by atoms with Gasteiger partial charge in [0, 0.05) is 23.1 Å². The van der Waals surface area contributed by atoms with E-state index in [9.17, 15) is 12.8 Å². The molecule has 1 rings (SSSR count). The van der Waals surface area contributed by atoms with Crippen LogP contribution < -0.4 is 0 Å². The quantitative estimate of drug-likeness (QED) is 0.893. The maximum Gasteiger partial charge on any atom is 0.246 e. The number of hydrogen-bond donors (Lipinski definition) is 1. The fraction of sp³-hybridized carbons (Fsp3) is 0.455. The van der Waals surface area contributed by atoms with Gasteiger partial charge in [0.2, 0.25) is 10.0 Å². The van der Waals surface area contributed by atoms with E-state index in [0.29, 0.717) is 4.47 Å². The number of halogens is 2. The third-order valence-electron chi connectivity index (χ3n) is 2.57. The summed E-state index contributed by atoms with van der Waals surface area (Å²) in [4.78, 5) is -0.412. The average molecular weight is 340 g/mol. The zero-order chi connectivity index (χ0) is 13.9. The van der Waals surface area contributed by atoms with Gasteiger partial charge in [0.25, 0.3) is 0 Å². The highest BCUT2D eigenvalue weighted by Crippen LogP contribution is 2.26. The predicted molar refractivity (Wildman–Crippen MR) is 70.1 cm³/mol. The second-order valence-electron chi connectivity index (χ2n) is 3.62. The highest BCUT2D eigenvalue weighted by Gasteiger charge is 2.27. The van der Waals surface area contributed by atoms with E-state index in [2.05, 4.69) is 15.9 Å². The van der Waals surface area contributed by atoms with E-state index in [4.69, 9.17) is 5.11 Å². The minimum absolute atomic E-state index is 0.0462. The van der Waals surface area contributed by atoms with Gasteiger partial charge in [-0.3, -0.25) is 0 Å². The lowest BCUT2D eigenvalue weighted by Gasteiger charge is -2.19. The van der Waals surface area contributed by atoms with Gasteiger partial charge in [-0.25, -0.2) is 12.8 Å². The topological polar surface area (TPSA) is 57.6 Å². The Morgan fingerprint density at radius 2 is 1.89 bits per heavy atom. The molecule has 0 unspecified atom stereocenters. The Morgan fingerprint density at radius 1 is 1.33 bits per heavy atom. The molecular weight excluding hydrogens is 325 g/mol. The average Bonchev–Trinajstić information content (AvgIpc) is 2.32. The van der Waals surface area contributed by atoms with Crippen LogP contribution in [-0.4, -0.2) is 30.9 Å². The lowest BCUT2D eigenvalue weighted by Crippen LogP contribution is -2.31. The van der Waals surface area contributed by atoms with Crippen molar-refractivity contribution in [1.82, 2.24) is 4.31 Å². The fourth-order valence-electron chi connectivity index (χ4n) is 1.62. The largest absolute Gasteiger partial charge is 0.392 e. The maximum atomic E-state index is 14.0. The summed E-state index contributed by atoms with van der Waals surface area (Å²) in [6, 6.07) is 2.57. The van der Waals surface area contributed by atoms with Crippen molar-refractivity contribution in [1.29, 1.82) is 0 Å². The third-order valence-corrected chi connectivity index (χ3v) is 5.08. The van der Waals surface area contributed by atoms with Crippen LogP contribution in [0.5, 0.6) is 0 Å². The third kappa shape index (κ3) is 2.90. The molecule has 0 aliphatic rings. The molecule has 0 aromatic heterocycles. The Balaban J connectivity index is 3.45. The summed E-state index contributed by atoms with van der Waals surface area (Å²) >= 11 is 3.11. The van der Waals surface area contributed by atoms with Gasteiger partial charge in [0.1, 0.15) is 10.7 Å². The van der Waals surface area contributed by atoms with Crippen molar-refractivity contribution in [3.05, 3.63) is 28.0 Å². The fourth-order valence-corrected chi connectivity index (χ4v) is 3.87. The van der Waals surface area contributed by atoms with Crippen LogP contribution in [0.2, 0.25) is 0 Å². The van der Waals surface area contributed by atoms with Crippen LogP contribution in [0.4, 0.5) is 4.39 Å². The number of hydrogen-bond acceptors (Lipinski definition) is 3. The molecule has 4 nitrogen and oxygen atoms in total. The SMILES string of the molecule is CCN(CC)S(=O)(=O)c1cc(Br)cc(CO)c1F. The van der Waals surface area contributed by atoms with E-state index in [0.717, 1.165) is 0 Å². The van der Waals surface area contributed by atoms with E-state index < -0.39 is 27.3 Å². The molecule has 0 saturated carbocycles. The maximum absolute atomic E-state index is 14.0. The van der Waals surface area contributed by atoms with E-state index in [1.807, 2.05) is 0 Å². The minimum Gasteiger partial charge on any atom is -0.392 e. The van der Waals surface area contributed by atoms with Gasteiger partial charge < -0.3 is 5.11 Å². The van der Waals surface area contributed by atoms with Crippen LogP contribution in [0.15, 0.2) is 21.5 Å². The normalized spacial score (nSPS) is 12.1. The first-order valence-corrected chi connectivity index (χ1v) is 7.70. The van der Waals surface area contributed by atoms with Crippen molar-refractivity contribution in [2.45, 2.75) is 25.3 Å². The molecule has 102 valence electrons. The highest BCUT2D eigenvalue weighted by atomic mass is 79.9. The summed E-state index contributed by atoms with van der Waals surface area (Å²) in [6.45, 7) is 3.35. The van der Waals surface area contributed by atoms with Crippen LogP contribution in [0.3, 0.4) is 0 Å². The monoisotopic (exact) mass is 339 g/mol. The molecule has 1 N–H and O–H groups in total. The summed E-state index contributed by atoms with van der Waals surface area (Å²) in [5, 5.41) is 9.02. The Kier molecular flexibility index (Phi) is 5.27. The lowest BCUT2D eigenvalue weighted by molar-refractivity contribution is 0.274. The highest BCUT2D eigenvalue weighted by molar-refractivity contribution is 9.10. The molecule has 0 spiro atoms. The van der Waals surface area contributed by atoms with Crippen molar-refractivity contribution < 1.29 is 17.9 Å². The Hall–Kier alpha value is -0.500. The second kappa shape index (κ2) is 6.10. The van der Waals surface area contributed by atoms with Crippen LogP contribution >= 0.6 is 15.9 Å². The number of rotatable bonds is 5. The Bertz CT molecular complexity index is 529. The van der Waals surface area contributed by atoms with E-state index in [-0.39, 0.29) is 18.7 Å². The molecule has 0 heterocycles. The molecule has 1 aromatic rings. The molecule has 0 aliphatic carbocycles. The molecule has 0 amide bonds. The molecule has 0 atom stereocenters. The van der Waals surface area contributed by atoms with E-state index in [1.54, 1.807) is 13.8 Å². The lowest BCUT2D eigenvalue weighted by atomic mass is 10.2. The number of benzene rings is 1. The van der Waals surface area contributed by atoms with Gasteiger partial charge in [-0.05, 0) is 12.1 Å². The molecule has 0 fully saturated rings. The number of aliphatic hydroxyl groups is 1. The molecule has 0 aliphatic heterocycles. The molecule has 1 aromatic carbocycles. The van der Waals surface area contributed by atoms with Crippen LogP contribution in [0.25, 0.3) is 0 Å².